The van der Waals surface area contributed by atoms with Crippen LogP contribution in [-0.4, -0.2) is 34.2 Å². The highest BCUT2D eigenvalue weighted by Gasteiger charge is 2.42. The third-order valence-corrected chi connectivity index (χ3v) is 8.46. The summed E-state index contributed by atoms with van der Waals surface area (Å²) in [5.41, 5.74) is -0.0296. The molecule has 2 aromatic carbocycles. The van der Waals surface area contributed by atoms with Gasteiger partial charge in [-0.05, 0) is 74.3 Å². The zero-order chi connectivity index (χ0) is 24.7. The Morgan fingerprint density at radius 1 is 1.03 bits per heavy atom. The van der Waals surface area contributed by atoms with E-state index >= 15 is 0 Å². The Hall–Kier alpha value is -2.28. The lowest BCUT2D eigenvalue weighted by molar-refractivity contribution is -0.146. The summed E-state index contributed by atoms with van der Waals surface area (Å²) in [4.78, 5) is 13.9. The molecule has 190 valence electrons. The molecule has 0 amide bonds. The highest BCUT2D eigenvalue weighted by Crippen LogP contribution is 2.45. The van der Waals surface area contributed by atoms with Crippen molar-refractivity contribution in [2.24, 2.45) is 11.8 Å². The zero-order valence-corrected chi connectivity index (χ0v) is 20.2. The Morgan fingerprint density at radius 3 is 2.34 bits per heavy atom. The van der Waals surface area contributed by atoms with Gasteiger partial charge in [0.2, 0.25) is 0 Å². The molecule has 2 heterocycles. The van der Waals surface area contributed by atoms with Gasteiger partial charge in [-0.3, -0.25) is 9.69 Å². The van der Waals surface area contributed by atoms with Crippen molar-refractivity contribution in [2.45, 2.75) is 95.6 Å². The smallest absolute Gasteiger partial charge is 0.420 e. The van der Waals surface area contributed by atoms with Crippen LogP contribution in [-0.2, 0) is 17.5 Å². The van der Waals surface area contributed by atoms with Crippen molar-refractivity contribution in [1.29, 1.82) is 0 Å². The third-order valence-electron chi connectivity index (χ3n) is 8.46. The standard InChI is InChI=1S/C28H34F3NO3/c1-17-8-11-23(12-9-17)35-24-13-10-18-4-2-5-19(25(18)26(24)28(29,30)31)16-32-21-6-3-7-22(32)15-20(14-21)27(33)34/h2,4-5,10,13,17,20-23H,3,6-9,11-12,14-16H2,1H3,(H,33,34). The number of hydrogen-bond donors (Lipinski definition) is 1. The number of halogens is 3. The normalized spacial score (nSPS) is 29.8. The molecule has 3 aliphatic rings. The first-order valence-electron chi connectivity index (χ1n) is 13.0. The maximum absolute atomic E-state index is 14.6. The van der Waals surface area contributed by atoms with E-state index in [1.807, 2.05) is 6.07 Å². The van der Waals surface area contributed by atoms with Gasteiger partial charge in [-0.2, -0.15) is 13.2 Å². The fourth-order valence-electron chi connectivity index (χ4n) is 6.61. The van der Waals surface area contributed by atoms with Crippen LogP contribution in [0.1, 0.15) is 75.8 Å². The van der Waals surface area contributed by atoms with Crippen LogP contribution in [0.4, 0.5) is 13.2 Å². The summed E-state index contributed by atoms with van der Waals surface area (Å²) in [6.45, 7) is 2.57. The second-order valence-corrected chi connectivity index (χ2v) is 10.9. The lowest BCUT2D eigenvalue weighted by Gasteiger charge is -2.48. The molecule has 0 aromatic heterocycles. The Kier molecular flexibility index (Phi) is 6.73. The summed E-state index contributed by atoms with van der Waals surface area (Å²) in [6, 6.07) is 8.77. The minimum atomic E-state index is -4.54. The molecule has 2 saturated heterocycles. The van der Waals surface area contributed by atoms with Crippen molar-refractivity contribution in [1.82, 2.24) is 4.90 Å². The lowest BCUT2D eigenvalue weighted by atomic mass is 9.78. The van der Waals surface area contributed by atoms with Crippen LogP contribution in [0.5, 0.6) is 5.75 Å². The van der Waals surface area contributed by atoms with Crippen LogP contribution in [0.3, 0.4) is 0 Å². The largest absolute Gasteiger partial charge is 0.490 e. The molecule has 2 unspecified atom stereocenters. The van der Waals surface area contributed by atoms with E-state index in [2.05, 4.69) is 11.8 Å². The highest BCUT2D eigenvalue weighted by molar-refractivity contribution is 5.91. The topological polar surface area (TPSA) is 49.8 Å². The molecule has 5 rings (SSSR count). The monoisotopic (exact) mass is 489 g/mol. The summed E-state index contributed by atoms with van der Waals surface area (Å²) >= 11 is 0. The average molecular weight is 490 g/mol. The number of nitrogens with zero attached hydrogens (tertiary/aromatic N) is 1. The summed E-state index contributed by atoms with van der Waals surface area (Å²) in [6.07, 6.45) is 2.73. The predicted molar refractivity (Wildman–Crippen MR) is 128 cm³/mol. The molecule has 1 saturated carbocycles. The number of benzene rings is 2. The Labute approximate surface area is 204 Å². The van der Waals surface area contributed by atoms with E-state index in [9.17, 15) is 23.1 Å². The Bertz CT molecular complexity index is 1060. The first kappa shape index (κ1) is 24.4. The minimum absolute atomic E-state index is 0.0678. The minimum Gasteiger partial charge on any atom is -0.490 e. The van der Waals surface area contributed by atoms with E-state index in [0.717, 1.165) is 44.9 Å². The molecule has 2 atom stereocenters. The Balaban J connectivity index is 1.51. The van der Waals surface area contributed by atoms with Gasteiger partial charge >= 0.3 is 12.1 Å². The third kappa shape index (κ3) is 5.02. The van der Waals surface area contributed by atoms with E-state index in [1.54, 1.807) is 18.2 Å². The van der Waals surface area contributed by atoms with Crippen LogP contribution < -0.4 is 4.74 Å². The molecule has 2 bridgehead atoms. The van der Waals surface area contributed by atoms with Crippen LogP contribution in [0.2, 0.25) is 0 Å². The molecule has 3 fully saturated rings. The highest BCUT2D eigenvalue weighted by atomic mass is 19.4. The number of carbonyl (C=O) groups is 1. The summed E-state index contributed by atoms with van der Waals surface area (Å²) in [5, 5.41) is 10.3. The lowest BCUT2D eigenvalue weighted by Crippen LogP contribution is -2.52. The number of fused-ring (bicyclic) bond motifs is 3. The zero-order valence-electron chi connectivity index (χ0n) is 20.2. The maximum Gasteiger partial charge on any atom is 0.420 e. The molecule has 2 aromatic rings. The van der Waals surface area contributed by atoms with Crippen molar-refractivity contribution >= 4 is 16.7 Å². The van der Waals surface area contributed by atoms with Gasteiger partial charge in [0, 0.05) is 24.0 Å². The molecule has 35 heavy (non-hydrogen) atoms. The fraction of sp³-hybridized carbons (Fsp3) is 0.607. The maximum atomic E-state index is 14.6. The van der Waals surface area contributed by atoms with Crippen molar-refractivity contribution in [2.75, 3.05) is 0 Å². The molecule has 0 radical (unpaired) electrons. The first-order valence-corrected chi connectivity index (χ1v) is 13.0. The van der Waals surface area contributed by atoms with E-state index < -0.39 is 17.7 Å². The van der Waals surface area contributed by atoms with Crippen molar-refractivity contribution < 1.29 is 27.8 Å². The fourth-order valence-corrected chi connectivity index (χ4v) is 6.61. The number of ether oxygens (including phenoxy) is 1. The molecule has 0 spiro atoms. The van der Waals surface area contributed by atoms with E-state index in [-0.39, 0.29) is 35.2 Å². The number of aliphatic carboxylic acids is 1. The number of alkyl halides is 3. The summed E-state index contributed by atoms with van der Waals surface area (Å²) < 4.78 is 49.7. The average Bonchev–Trinajstić information content (AvgIpc) is 2.79. The number of carboxylic acids is 1. The van der Waals surface area contributed by atoms with Gasteiger partial charge in [0.15, 0.2) is 0 Å². The summed E-state index contributed by atoms with van der Waals surface area (Å²) in [5.74, 6) is -0.602. The van der Waals surface area contributed by atoms with Gasteiger partial charge in [-0.25, -0.2) is 0 Å². The first-order chi connectivity index (χ1) is 16.7. The Morgan fingerprint density at radius 2 is 1.71 bits per heavy atom. The van der Waals surface area contributed by atoms with Crippen molar-refractivity contribution in [3.05, 3.63) is 41.5 Å². The van der Waals surface area contributed by atoms with Gasteiger partial charge < -0.3 is 9.84 Å². The van der Waals surface area contributed by atoms with E-state index in [0.29, 0.717) is 36.3 Å². The van der Waals surface area contributed by atoms with E-state index in [4.69, 9.17) is 4.74 Å². The van der Waals surface area contributed by atoms with Gasteiger partial charge in [0.25, 0.3) is 0 Å². The number of piperidine rings is 2. The summed E-state index contributed by atoms with van der Waals surface area (Å²) in [7, 11) is 0. The van der Waals surface area contributed by atoms with Crippen molar-refractivity contribution in [3.8, 4) is 5.75 Å². The molecule has 7 heteroatoms. The van der Waals surface area contributed by atoms with Crippen molar-refractivity contribution in [3.63, 3.8) is 0 Å². The van der Waals surface area contributed by atoms with Crippen LogP contribution in [0.25, 0.3) is 10.8 Å². The predicted octanol–water partition coefficient (Wildman–Crippen LogP) is 7.03. The quantitative estimate of drug-likeness (QED) is 0.490. The van der Waals surface area contributed by atoms with Gasteiger partial charge in [-0.1, -0.05) is 37.6 Å². The van der Waals surface area contributed by atoms with Crippen LogP contribution in [0.15, 0.2) is 30.3 Å². The second kappa shape index (κ2) is 9.64. The molecule has 1 aliphatic carbocycles. The number of hydrogen-bond acceptors (Lipinski definition) is 3. The molecule has 1 N–H and O–H groups in total. The van der Waals surface area contributed by atoms with Gasteiger partial charge in [0.1, 0.15) is 11.3 Å². The van der Waals surface area contributed by atoms with Crippen LogP contribution in [0, 0.1) is 11.8 Å². The molecular formula is C28H34F3NO3. The molecule has 4 nitrogen and oxygen atoms in total. The number of carboxylic acid groups (broad SMARTS) is 1. The van der Waals surface area contributed by atoms with E-state index in [1.165, 1.54) is 6.07 Å². The molecule has 2 aliphatic heterocycles. The van der Waals surface area contributed by atoms with Gasteiger partial charge in [-0.15, -0.1) is 0 Å². The van der Waals surface area contributed by atoms with Crippen LogP contribution >= 0.6 is 0 Å². The number of rotatable bonds is 5. The SMILES string of the molecule is CC1CCC(Oc2ccc3cccc(CN4C5CCCC4CC(C(=O)O)C5)c3c2C(F)(F)F)CC1. The second-order valence-electron chi connectivity index (χ2n) is 10.9. The van der Waals surface area contributed by atoms with Gasteiger partial charge in [0.05, 0.1) is 12.0 Å². The molecular weight excluding hydrogens is 455 g/mol.